The summed E-state index contributed by atoms with van der Waals surface area (Å²) in [6, 6.07) is 1.98. The number of aryl methyl sites for hydroxylation is 1. The van der Waals surface area contributed by atoms with Crippen LogP contribution in [0.3, 0.4) is 0 Å². The number of aliphatic hydroxyl groups is 1. The van der Waals surface area contributed by atoms with Gasteiger partial charge in [0, 0.05) is 18.3 Å². The minimum absolute atomic E-state index is 0.0386. The summed E-state index contributed by atoms with van der Waals surface area (Å²) in [5.74, 6) is 0.0295. The standard InChI is InChI=1S/C22H34O4/c1-15-13-18(26-16(2)23)19-20(3,4)9-6-10-21(19,5)22(15,24)11-7-17-8-12-25-14-17/h8,12,14-15,18-19,24H,6-7,9-11,13H2,1-5H3/t15-,18-,19+,21-,22+/m0/s1. The Morgan fingerprint density at radius 2 is 2.08 bits per heavy atom. The summed E-state index contributed by atoms with van der Waals surface area (Å²) >= 11 is 0. The lowest BCUT2D eigenvalue weighted by atomic mass is 9.43. The molecule has 0 bridgehead atoms. The van der Waals surface area contributed by atoms with Gasteiger partial charge in [0.05, 0.1) is 18.1 Å². The Morgan fingerprint density at radius 1 is 1.35 bits per heavy atom. The largest absolute Gasteiger partial charge is 0.472 e. The summed E-state index contributed by atoms with van der Waals surface area (Å²) in [6.45, 7) is 10.4. The zero-order chi connectivity index (χ0) is 19.2. The fraction of sp³-hybridized carbons (Fsp3) is 0.773. The Bertz CT molecular complexity index is 635. The quantitative estimate of drug-likeness (QED) is 0.786. The lowest BCUT2D eigenvalue weighted by Crippen LogP contribution is -2.66. The van der Waals surface area contributed by atoms with Crippen molar-refractivity contribution >= 4 is 5.97 Å². The topological polar surface area (TPSA) is 59.7 Å². The van der Waals surface area contributed by atoms with Crippen LogP contribution < -0.4 is 0 Å². The van der Waals surface area contributed by atoms with E-state index in [0.29, 0.717) is 6.42 Å². The van der Waals surface area contributed by atoms with Crippen molar-refractivity contribution in [3.63, 3.8) is 0 Å². The van der Waals surface area contributed by atoms with Crippen LogP contribution in [0.2, 0.25) is 0 Å². The zero-order valence-electron chi connectivity index (χ0n) is 16.9. The Kier molecular flexibility index (Phi) is 5.02. The van der Waals surface area contributed by atoms with Crippen molar-refractivity contribution in [2.45, 2.75) is 84.8 Å². The van der Waals surface area contributed by atoms with Crippen LogP contribution in [0.25, 0.3) is 0 Å². The van der Waals surface area contributed by atoms with E-state index >= 15 is 0 Å². The highest BCUT2D eigenvalue weighted by Crippen LogP contribution is 2.64. The van der Waals surface area contributed by atoms with Gasteiger partial charge in [-0.25, -0.2) is 0 Å². The predicted octanol–water partition coefficient (Wildman–Crippen LogP) is 4.75. The number of esters is 1. The van der Waals surface area contributed by atoms with Crippen molar-refractivity contribution in [3.05, 3.63) is 24.2 Å². The number of furan rings is 1. The van der Waals surface area contributed by atoms with Crippen molar-refractivity contribution in [1.82, 2.24) is 0 Å². The Balaban J connectivity index is 1.96. The van der Waals surface area contributed by atoms with E-state index in [4.69, 9.17) is 9.15 Å². The first-order chi connectivity index (χ1) is 12.1. The van der Waals surface area contributed by atoms with Crippen molar-refractivity contribution in [2.75, 3.05) is 0 Å². The van der Waals surface area contributed by atoms with Gasteiger partial charge >= 0.3 is 5.97 Å². The molecule has 1 aromatic heterocycles. The maximum atomic E-state index is 12.0. The molecule has 0 amide bonds. The molecule has 0 spiro atoms. The average Bonchev–Trinajstić information content (AvgIpc) is 3.03. The number of fused-ring (bicyclic) bond motifs is 1. The molecule has 26 heavy (non-hydrogen) atoms. The summed E-state index contributed by atoms with van der Waals surface area (Å²) in [4.78, 5) is 11.8. The van der Waals surface area contributed by atoms with Gasteiger partial charge in [-0.15, -0.1) is 0 Å². The number of carbonyl (C=O) groups excluding carboxylic acids is 1. The molecule has 0 saturated heterocycles. The molecule has 1 N–H and O–H groups in total. The maximum absolute atomic E-state index is 12.0. The Hall–Kier alpha value is -1.29. The van der Waals surface area contributed by atoms with Gasteiger partial charge in [-0.2, -0.15) is 0 Å². The molecule has 4 heteroatoms. The highest BCUT2D eigenvalue weighted by molar-refractivity contribution is 5.66. The molecule has 0 radical (unpaired) electrons. The van der Waals surface area contributed by atoms with E-state index in [2.05, 4.69) is 27.7 Å². The second-order valence-electron chi connectivity index (χ2n) is 9.58. The van der Waals surface area contributed by atoms with Crippen LogP contribution in [-0.2, 0) is 16.0 Å². The van der Waals surface area contributed by atoms with Gasteiger partial charge in [0.15, 0.2) is 0 Å². The van der Waals surface area contributed by atoms with Gasteiger partial charge in [-0.05, 0) is 55.1 Å². The van der Waals surface area contributed by atoms with E-state index < -0.39 is 5.60 Å². The lowest BCUT2D eigenvalue weighted by molar-refractivity contribution is -0.249. The molecule has 2 saturated carbocycles. The normalized spacial score (nSPS) is 39.2. The molecule has 0 aliphatic heterocycles. The highest BCUT2D eigenvalue weighted by Gasteiger charge is 2.64. The molecule has 2 fully saturated rings. The van der Waals surface area contributed by atoms with Gasteiger partial charge < -0.3 is 14.3 Å². The number of hydrogen-bond donors (Lipinski definition) is 1. The van der Waals surface area contributed by atoms with E-state index in [1.807, 2.05) is 6.07 Å². The van der Waals surface area contributed by atoms with E-state index in [0.717, 1.165) is 37.7 Å². The van der Waals surface area contributed by atoms with Crippen LogP contribution in [-0.4, -0.2) is 22.8 Å². The van der Waals surface area contributed by atoms with Gasteiger partial charge in [0.2, 0.25) is 0 Å². The smallest absolute Gasteiger partial charge is 0.302 e. The highest BCUT2D eigenvalue weighted by atomic mass is 16.5. The van der Waals surface area contributed by atoms with E-state index in [1.165, 1.54) is 6.92 Å². The molecule has 146 valence electrons. The molecule has 2 aliphatic rings. The third-order valence-electron chi connectivity index (χ3n) is 7.50. The minimum Gasteiger partial charge on any atom is -0.472 e. The zero-order valence-corrected chi connectivity index (χ0v) is 16.9. The third-order valence-corrected chi connectivity index (χ3v) is 7.50. The molecular weight excluding hydrogens is 328 g/mol. The molecule has 0 aromatic carbocycles. The summed E-state index contributed by atoms with van der Waals surface area (Å²) < 4.78 is 11.0. The van der Waals surface area contributed by atoms with E-state index in [1.54, 1.807) is 12.5 Å². The number of rotatable bonds is 4. The van der Waals surface area contributed by atoms with Crippen LogP contribution in [0.4, 0.5) is 0 Å². The van der Waals surface area contributed by atoms with Gasteiger partial charge in [0.1, 0.15) is 6.10 Å². The summed E-state index contributed by atoms with van der Waals surface area (Å²) in [5, 5.41) is 12.0. The molecule has 0 unspecified atom stereocenters. The molecule has 5 atom stereocenters. The number of hydrogen-bond acceptors (Lipinski definition) is 4. The maximum Gasteiger partial charge on any atom is 0.302 e. The second-order valence-corrected chi connectivity index (χ2v) is 9.58. The molecule has 1 aromatic rings. The fourth-order valence-electron chi connectivity index (χ4n) is 6.36. The number of ether oxygens (including phenoxy) is 1. The molecular formula is C22H34O4. The summed E-state index contributed by atoms with van der Waals surface area (Å²) in [6.07, 6.45) is 8.78. The minimum atomic E-state index is -0.775. The van der Waals surface area contributed by atoms with Gasteiger partial charge in [-0.1, -0.05) is 34.1 Å². The van der Waals surface area contributed by atoms with Crippen molar-refractivity contribution in [1.29, 1.82) is 0 Å². The van der Waals surface area contributed by atoms with Crippen molar-refractivity contribution in [2.24, 2.45) is 22.7 Å². The summed E-state index contributed by atoms with van der Waals surface area (Å²) in [7, 11) is 0. The third kappa shape index (κ3) is 3.11. The average molecular weight is 363 g/mol. The van der Waals surface area contributed by atoms with E-state index in [-0.39, 0.29) is 34.7 Å². The Labute approximate surface area is 157 Å². The number of carbonyl (C=O) groups is 1. The van der Waals surface area contributed by atoms with Crippen molar-refractivity contribution < 1.29 is 19.1 Å². The van der Waals surface area contributed by atoms with Crippen molar-refractivity contribution in [3.8, 4) is 0 Å². The van der Waals surface area contributed by atoms with Crippen LogP contribution in [0.15, 0.2) is 23.0 Å². The monoisotopic (exact) mass is 362 g/mol. The molecule has 1 heterocycles. The first-order valence-electron chi connectivity index (χ1n) is 10.0. The van der Waals surface area contributed by atoms with Crippen LogP contribution in [0.5, 0.6) is 0 Å². The van der Waals surface area contributed by atoms with Crippen LogP contribution in [0.1, 0.15) is 72.3 Å². The molecule has 4 nitrogen and oxygen atoms in total. The van der Waals surface area contributed by atoms with Gasteiger partial charge in [0.25, 0.3) is 0 Å². The van der Waals surface area contributed by atoms with E-state index in [9.17, 15) is 9.90 Å². The van der Waals surface area contributed by atoms with Crippen LogP contribution >= 0.6 is 0 Å². The first-order valence-corrected chi connectivity index (χ1v) is 10.0. The predicted molar refractivity (Wildman–Crippen MR) is 101 cm³/mol. The Morgan fingerprint density at radius 3 is 2.69 bits per heavy atom. The second kappa shape index (κ2) is 6.70. The van der Waals surface area contributed by atoms with Crippen LogP contribution in [0, 0.1) is 22.7 Å². The summed E-state index contributed by atoms with van der Waals surface area (Å²) in [5.41, 5.74) is 0.124. The fourth-order valence-corrected chi connectivity index (χ4v) is 6.36. The molecule has 3 rings (SSSR count). The first kappa shape index (κ1) is 19.5. The lowest BCUT2D eigenvalue weighted by Gasteiger charge is -2.64. The SMILES string of the molecule is CC(=O)O[C@H]1C[C@H](C)[C@](O)(CCc2ccoc2)[C@@]2(C)CCCC(C)(C)[C@@H]12. The molecule has 2 aliphatic carbocycles. The van der Waals surface area contributed by atoms with Gasteiger partial charge in [-0.3, -0.25) is 4.79 Å².